The fraction of sp³-hybridized carbons (Fsp3) is 0.125. The highest BCUT2D eigenvalue weighted by Crippen LogP contribution is 1.97. The number of Topliss-reactive ketones (excluding diaryl/α,β-unsaturated/α-hetero) is 1. The van der Waals surface area contributed by atoms with Crippen molar-refractivity contribution in [3.8, 4) is 0 Å². The molecule has 1 aromatic carbocycles. The van der Waals surface area contributed by atoms with E-state index in [0.29, 0.717) is 11.0 Å². The Labute approximate surface area is 93.1 Å². The van der Waals surface area contributed by atoms with Crippen molar-refractivity contribution in [3.63, 3.8) is 0 Å². The number of benzene rings is 1. The van der Waals surface area contributed by atoms with Crippen molar-refractivity contribution in [1.29, 1.82) is 0 Å². The lowest BCUT2D eigenvalue weighted by Crippen LogP contribution is -2.29. The molecular formula is C8H9B4O3. The first kappa shape index (κ1) is 14.1. The number of rotatable bonds is 2. The van der Waals surface area contributed by atoms with E-state index in [4.69, 9.17) is 10.0 Å². The van der Waals surface area contributed by atoms with E-state index in [1.807, 2.05) is 0 Å². The van der Waals surface area contributed by atoms with Gasteiger partial charge in [0.2, 0.25) is 0 Å². The first-order valence-electron chi connectivity index (χ1n) is 4.25. The molecule has 0 bridgehead atoms. The minimum atomic E-state index is -1.47. The molecule has 0 aliphatic rings. The normalized spacial score (nSPS) is 8.47. The molecule has 0 atom stereocenters. The van der Waals surface area contributed by atoms with E-state index in [1.165, 1.54) is 19.1 Å². The molecule has 7 heteroatoms. The van der Waals surface area contributed by atoms with Gasteiger partial charge in [-0.2, -0.15) is 0 Å². The number of carbonyl (C=O) groups excluding carboxylic acids is 1. The molecule has 0 aliphatic heterocycles. The van der Waals surface area contributed by atoms with Gasteiger partial charge in [-0.3, -0.25) is 4.79 Å². The van der Waals surface area contributed by atoms with Crippen LogP contribution in [0.1, 0.15) is 17.3 Å². The molecule has 15 heavy (non-hydrogen) atoms. The van der Waals surface area contributed by atoms with Gasteiger partial charge in [0.1, 0.15) is 0 Å². The number of carbonyl (C=O) groups is 1. The predicted octanol–water partition coefficient (Wildman–Crippen LogP) is -1.57. The van der Waals surface area contributed by atoms with Crippen molar-refractivity contribution in [2.24, 2.45) is 0 Å². The smallest absolute Gasteiger partial charge is 0.423 e. The summed E-state index contributed by atoms with van der Waals surface area (Å²) < 4.78 is 0. The Morgan fingerprint density at radius 2 is 1.67 bits per heavy atom. The largest absolute Gasteiger partial charge is 0.488 e. The van der Waals surface area contributed by atoms with Gasteiger partial charge in [-0.05, 0) is 12.4 Å². The molecular weight excluding hydrogens is 187 g/mol. The Bertz CT molecular complexity index is 299. The van der Waals surface area contributed by atoms with Crippen LogP contribution in [0.5, 0.6) is 0 Å². The van der Waals surface area contributed by atoms with Crippen LogP contribution in [0.2, 0.25) is 0 Å². The maximum absolute atomic E-state index is 10.8. The van der Waals surface area contributed by atoms with E-state index in [1.54, 1.807) is 12.1 Å². The van der Waals surface area contributed by atoms with Crippen molar-refractivity contribution in [2.45, 2.75) is 6.92 Å². The standard InChI is InChI=1S/C8H9BO3.B3/c1-6(10)7-2-4-8(5-3-7)9(11)12;1-3-2/h2-5,11-12H,1H3;. The Morgan fingerprint density at radius 3 is 1.93 bits per heavy atom. The van der Waals surface area contributed by atoms with Crippen LogP contribution in [0.15, 0.2) is 24.3 Å². The molecule has 5 radical (unpaired) electrons. The van der Waals surface area contributed by atoms with E-state index in [9.17, 15) is 4.79 Å². The number of hydrogen-bond donors (Lipinski definition) is 2. The summed E-state index contributed by atoms with van der Waals surface area (Å²) in [6.45, 7) is 1.46. The fourth-order valence-corrected chi connectivity index (χ4v) is 0.890. The zero-order valence-electron chi connectivity index (χ0n) is 8.42. The van der Waals surface area contributed by atoms with Crippen LogP contribution in [-0.2, 0) is 0 Å². The van der Waals surface area contributed by atoms with Gasteiger partial charge in [0.25, 0.3) is 0 Å². The van der Waals surface area contributed by atoms with Crippen LogP contribution in [0.4, 0.5) is 0 Å². The van der Waals surface area contributed by atoms with E-state index in [-0.39, 0.29) is 5.78 Å². The van der Waals surface area contributed by atoms with Gasteiger partial charge in [-0.1, -0.05) is 24.3 Å². The van der Waals surface area contributed by atoms with Crippen LogP contribution in [0.25, 0.3) is 0 Å². The first-order valence-corrected chi connectivity index (χ1v) is 4.25. The molecule has 0 heterocycles. The highest BCUT2D eigenvalue weighted by atomic mass is 16.4. The lowest BCUT2D eigenvalue weighted by Gasteiger charge is -1.99. The summed E-state index contributed by atoms with van der Waals surface area (Å²) in [6.07, 6.45) is 0. The van der Waals surface area contributed by atoms with Crippen LogP contribution in [-0.4, -0.2) is 45.5 Å². The Kier molecular flexibility index (Phi) is 6.92. The third-order valence-corrected chi connectivity index (χ3v) is 1.62. The molecule has 71 valence electrons. The van der Waals surface area contributed by atoms with E-state index in [2.05, 4.69) is 15.5 Å². The monoisotopic (exact) mass is 197 g/mol. The second-order valence-electron chi connectivity index (χ2n) is 2.74. The van der Waals surface area contributed by atoms with Crippen molar-refractivity contribution in [2.75, 3.05) is 0 Å². The Balaban J connectivity index is 0.000000583. The molecule has 2 N–H and O–H groups in total. The first-order chi connectivity index (χ1) is 7.02. The van der Waals surface area contributed by atoms with E-state index >= 15 is 0 Å². The van der Waals surface area contributed by atoms with E-state index < -0.39 is 7.12 Å². The summed E-state index contributed by atoms with van der Waals surface area (Å²) in [4.78, 5) is 10.8. The minimum absolute atomic E-state index is 0.0334. The fourth-order valence-electron chi connectivity index (χ4n) is 0.890. The zero-order valence-corrected chi connectivity index (χ0v) is 8.42. The average molecular weight is 196 g/mol. The van der Waals surface area contributed by atoms with Crippen LogP contribution in [0, 0.1) is 0 Å². The third-order valence-electron chi connectivity index (χ3n) is 1.62. The van der Waals surface area contributed by atoms with E-state index in [0.717, 1.165) is 7.06 Å². The number of hydrogen-bond acceptors (Lipinski definition) is 3. The van der Waals surface area contributed by atoms with Crippen LogP contribution >= 0.6 is 0 Å². The molecule has 0 aliphatic carbocycles. The maximum atomic E-state index is 10.8. The molecule has 0 saturated heterocycles. The molecule has 1 aromatic rings. The van der Waals surface area contributed by atoms with Gasteiger partial charge >= 0.3 is 7.12 Å². The van der Waals surface area contributed by atoms with Crippen molar-refractivity contribution < 1.29 is 14.8 Å². The van der Waals surface area contributed by atoms with Gasteiger partial charge in [-0.25, -0.2) is 0 Å². The molecule has 0 fully saturated rings. The Morgan fingerprint density at radius 1 is 1.27 bits per heavy atom. The van der Waals surface area contributed by atoms with Gasteiger partial charge in [0, 0.05) is 28.1 Å². The lowest BCUT2D eigenvalue weighted by molar-refractivity contribution is 0.101. The highest BCUT2D eigenvalue weighted by Gasteiger charge is 2.10. The summed E-state index contributed by atoms with van der Waals surface area (Å²) in [5.74, 6) is -0.0334. The molecule has 1 rings (SSSR count). The third kappa shape index (κ3) is 5.50. The van der Waals surface area contributed by atoms with Crippen molar-refractivity contribution in [3.05, 3.63) is 29.8 Å². The summed E-state index contributed by atoms with van der Waals surface area (Å²) >= 11 is 0. The minimum Gasteiger partial charge on any atom is -0.423 e. The van der Waals surface area contributed by atoms with Crippen LogP contribution < -0.4 is 5.46 Å². The SMILES string of the molecule is CC(=O)c1ccc(B(O)O)cc1.[B][B][B]. The van der Waals surface area contributed by atoms with Gasteiger partial charge in [-0.15, -0.1) is 0 Å². The second-order valence-corrected chi connectivity index (χ2v) is 2.74. The highest BCUT2D eigenvalue weighted by molar-refractivity contribution is 7.17. The summed E-state index contributed by atoms with van der Waals surface area (Å²) in [5.41, 5.74) is 0.958. The van der Waals surface area contributed by atoms with Crippen molar-refractivity contribution in [1.82, 2.24) is 0 Å². The summed E-state index contributed by atoms with van der Waals surface area (Å²) in [6, 6.07) is 6.16. The molecule has 0 aromatic heterocycles. The van der Waals surface area contributed by atoms with Crippen molar-refractivity contribution >= 4 is 40.9 Å². The Hall–Kier alpha value is -0.930. The average Bonchev–Trinajstić information content (AvgIpc) is 2.19. The number of ketones is 1. The van der Waals surface area contributed by atoms with Crippen LogP contribution in [0.3, 0.4) is 0 Å². The second kappa shape index (κ2) is 7.37. The molecule has 3 nitrogen and oxygen atoms in total. The molecule has 0 saturated carbocycles. The summed E-state index contributed by atoms with van der Waals surface area (Å²) in [5, 5.41) is 17.4. The predicted molar refractivity (Wildman–Crippen MR) is 63.5 cm³/mol. The maximum Gasteiger partial charge on any atom is 0.488 e. The zero-order chi connectivity index (χ0) is 11.8. The molecule has 0 spiro atoms. The van der Waals surface area contributed by atoms with Gasteiger partial charge in [0.05, 0.1) is 0 Å². The topological polar surface area (TPSA) is 57.5 Å². The van der Waals surface area contributed by atoms with Gasteiger partial charge < -0.3 is 10.0 Å². The van der Waals surface area contributed by atoms with Gasteiger partial charge in [0.15, 0.2) is 5.78 Å². The summed E-state index contributed by atoms with van der Waals surface area (Å²) in [7, 11) is 8.53. The lowest BCUT2D eigenvalue weighted by atomic mass is 9.40. The quantitative estimate of drug-likeness (QED) is 0.444. The molecule has 0 amide bonds. The molecule has 0 unspecified atom stereocenters.